The normalized spacial score (nSPS) is 10.8. The van der Waals surface area contributed by atoms with Crippen LogP contribution in [-0.4, -0.2) is 24.5 Å². The molecular weight excluding hydrogens is 220 g/mol. The Bertz CT molecular complexity index is 711. The molecule has 0 aromatic carbocycles. The maximum atomic E-state index is 11.2. The van der Waals surface area contributed by atoms with Gasteiger partial charge >= 0.3 is 0 Å². The molecule has 84 valence electrons. The number of pyridine rings is 1. The molecule has 17 heavy (non-hydrogen) atoms. The van der Waals surface area contributed by atoms with Crippen LogP contribution < -0.4 is 5.56 Å². The summed E-state index contributed by atoms with van der Waals surface area (Å²) in [5.74, 6) is -0.0699. The Labute approximate surface area is 95.2 Å². The predicted molar refractivity (Wildman–Crippen MR) is 60.7 cm³/mol. The van der Waals surface area contributed by atoms with Crippen LogP contribution in [0.5, 0.6) is 5.88 Å². The minimum Gasteiger partial charge on any atom is -0.493 e. The van der Waals surface area contributed by atoms with E-state index in [4.69, 9.17) is 0 Å². The van der Waals surface area contributed by atoms with Crippen molar-refractivity contribution in [3.8, 4) is 17.4 Å². The first-order valence-electron chi connectivity index (χ1n) is 4.97. The highest BCUT2D eigenvalue weighted by Crippen LogP contribution is 2.15. The van der Waals surface area contributed by atoms with Crippen LogP contribution in [0.15, 0.2) is 41.5 Å². The standard InChI is InChI=1S/C11H8N4O2/c16-9-5-10(17)14-11(13-9)7-6-15-4-2-1-3-8(15)12-7/h1-6H,(H2,13,14,16,17). The zero-order valence-electron chi connectivity index (χ0n) is 8.66. The monoisotopic (exact) mass is 228 g/mol. The van der Waals surface area contributed by atoms with Gasteiger partial charge in [0.25, 0.3) is 5.56 Å². The minimum atomic E-state index is -0.412. The summed E-state index contributed by atoms with van der Waals surface area (Å²) in [7, 11) is 0. The number of aromatic hydroxyl groups is 1. The van der Waals surface area contributed by atoms with Gasteiger partial charge in [-0.1, -0.05) is 6.07 Å². The summed E-state index contributed by atoms with van der Waals surface area (Å²) >= 11 is 0. The fourth-order valence-corrected chi connectivity index (χ4v) is 1.61. The summed E-state index contributed by atoms with van der Waals surface area (Å²) in [4.78, 5) is 21.8. The third-order valence-corrected chi connectivity index (χ3v) is 2.33. The van der Waals surface area contributed by atoms with Crippen LogP contribution in [0.3, 0.4) is 0 Å². The van der Waals surface area contributed by atoms with Crippen LogP contribution in [-0.2, 0) is 0 Å². The van der Waals surface area contributed by atoms with E-state index in [1.807, 2.05) is 24.4 Å². The number of nitrogens with zero attached hydrogens (tertiary/aromatic N) is 3. The first kappa shape index (κ1) is 9.59. The van der Waals surface area contributed by atoms with Gasteiger partial charge in [-0.25, -0.2) is 4.98 Å². The van der Waals surface area contributed by atoms with Crippen molar-refractivity contribution in [3.63, 3.8) is 0 Å². The van der Waals surface area contributed by atoms with Crippen LogP contribution in [0.1, 0.15) is 0 Å². The molecule has 3 aromatic rings. The second-order valence-electron chi connectivity index (χ2n) is 3.54. The number of imidazole rings is 1. The fraction of sp³-hybridized carbons (Fsp3) is 0. The average Bonchev–Trinajstić information content (AvgIpc) is 2.71. The molecule has 0 aliphatic carbocycles. The highest BCUT2D eigenvalue weighted by molar-refractivity contribution is 5.55. The van der Waals surface area contributed by atoms with Gasteiger partial charge in [0.1, 0.15) is 11.3 Å². The minimum absolute atomic E-state index is 0.249. The van der Waals surface area contributed by atoms with Gasteiger partial charge in [0.05, 0.1) is 6.07 Å². The Kier molecular flexibility index (Phi) is 1.94. The van der Waals surface area contributed by atoms with E-state index in [9.17, 15) is 9.90 Å². The molecule has 3 aromatic heterocycles. The summed E-state index contributed by atoms with van der Waals surface area (Å²) < 4.78 is 1.80. The van der Waals surface area contributed by atoms with Crippen molar-refractivity contribution < 1.29 is 5.11 Å². The van der Waals surface area contributed by atoms with Gasteiger partial charge in [0.15, 0.2) is 5.82 Å². The van der Waals surface area contributed by atoms with E-state index < -0.39 is 5.56 Å². The quantitative estimate of drug-likeness (QED) is 0.645. The molecule has 0 spiro atoms. The molecule has 3 rings (SSSR count). The second-order valence-corrected chi connectivity index (χ2v) is 3.54. The first-order chi connectivity index (χ1) is 8.22. The summed E-state index contributed by atoms with van der Waals surface area (Å²) in [6.07, 6.45) is 3.57. The molecule has 2 N–H and O–H groups in total. The van der Waals surface area contributed by atoms with E-state index in [0.717, 1.165) is 11.7 Å². The van der Waals surface area contributed by atoms with Crippen molar-refractivity contribution in [1.82, 2.24) is 19.4 Å². The van der Waals surface area contributed by atoms with Gasteiger partial charge in [-0.15, -0.1) is 0 Å². The van der Waals surface area contributed by atoms with Crippen molar-refractivity contribution in [2.24, 2.45) is 0 Å². The molecule has 0 aliphatic rings. The van der Waals surface area contributed by atoms with E-state index in [0.29, 0.717) is 5.69 Å². The van der Waals surface area contributed by atoms with Crippen molar-refractivity contribution in [2.45, 2.75) is 0 Å². The Balaban J connectivity index is 2.23. The molecule has 0 radical (unpaired) electrons. The third-order valence-electron chi connectivity index (χ3n) is 2.33. The fourth-order valence-electron chi connectivity index (χ4n) is 1.61. The molecule has 0 amide bonds. The zero-order valence-corrected chi connectivity index (χ0v) is 8.66. The molecule has 0 fully saturated rings. The van der Waals surface area contributed by atoms with Gasteiger partial charge in [-0.3, -0.25) is 4.79 Å². The lowest BCUT2D eigenvalue weighted by atomic mass is 10.4. The first-order valence-corrected chi connectivity index (χ1v) is 4.97. The maximum absolute atomic E-state index is 11.2. The van der Waals surface area contributed by atoms with Crippen molar-refractivity contribution >= 4 is 5.65 Å². The Morgan fingerprint density at radius 1 is 1.29 bits per heavy atom. The molecule has 0 atom stereocenters. The molecule has 0 saturated heterocycles. The number of rotatable bonds is 1. The third kappa shape index (κ3) is 1.65. The number of aromatic amines is 1. The van der Waals surface area contributed by atoms with E-state index >= 15 is 0 Å². The highest BCUT2D eigenvalue weighted by atomic mass is 16.3. The number of nitrogens with one attached hydrogen (secondary N) is 1. The number of fused-ring (bicyclic) bond motifs is 1. The van der Waals surface area contributed by atoms with Gasteiger partial charge in [-0.2, -0.15) is 4.98 Å². The lowest BCUT2D eigenvalue weighted by Gasteiger charge is -1.95. The van der Waals surface area contributed by atoms with Gasteiger partial charge in [-0.05, 0) is 12.1 Å². The number of hydrogen-bond donors (Lipinski definition) is 2. The van der Waals surface area contributed by atoms with Crippen LogP contribution in [0.25, 0.3) is 17.2 Å². The smallest absolute Gasteiger partial charge is 0.255 e. The molecule has 0 saturated carbocycles. The molecule has 0 bridgehead atoms. The molecule has 0 aliphatic heterocycles. The summed E-state index contributed by atoms with van der Waals surface area (Å²) in [5.41, 5.74) is 0.835. The van der Waals surface area contributed by atoms with Crippen LogP contribution in [0.2, 0.25) is 0 Å². The SMILES string of the molecule is O=c1cc(O)nc(-c2cn3ccccc3n2)[nH]1. The Morgan fingerprint density at radius 2 is 2.18 bits per heavy atom. The summed E-state index contributed by atoms with van der Waals surface area (Å²) in [6, 6.07) is 6.59. The zero-order chi connectivity index (χ0) is 11.8. The topological polar surface area (TPSA) is 83.3 Å². The van der Waals surface area contributed by atoms with Gasteiger partial charge in [0.2, 0.25) is 5.88 Å². The molecule has 6 heteroatoms. The largest absolute Gasteiger partial charge is 0.493 e. The molecule has 3 heterocycles. The van der Waals surface area contributed by atoms with E-state index in [1.165, 1.54) is 0 Å². The number of aromatic nitrogens is 4. The number of H-pyrrole nitrogens is 1. The second kappa shape index (κ2) is 3.44. The summed E-state index contributed by atoms with van der Waals surface area (Å²) in [5, 5.41) is 9.26. The lowest BCUT2D eigenvalue weighted by molar-refractivity contribution is 0.452. The van der Waals surface area contributed by atoms with Crippen molar-refractivity contribution in [3.05, 3.63) is 47.0 Å². The van der Waals surface area contributed by atoms with E-state index in [-0.39, 0.29) is 11.7 Å². The molecule has 6 nitrogen and oxygen atoms in total. The van der Waals surface area contributed by atoms with Crippen molar-refractivity contribution in [2.75, 3.05) is 0 Å². The summed E-state index contributed by atoms with van der Waals surface area (Å²) in [6.45, 7) is 0. The van der Waals surface area contributed by atoms with Gasteiger partial charge < -0.3 is 14.5 Å². The Hall–Kier alpha value is -2.63. The Morgan fingerprint density at radius 3 is 2.94 bits per heavy atom. The van der Waals surface area contributed by atoms with Crippen LogP contribution in [0.4, 0.5) is 0 Å². The highest BCUT2D eigenvalue weighted by Gasteiger charge is 2.07. The van der Waals surface area contributed by atoms with Crippen molar-refractivity contribution in [1.29, 1.82) is 0 Å². The number of hydrogen-bond acceptors (Lipinski definition) is 4. The molecule has 0 unspecified atom stereocenters. The van der Waals surface area contributed by atoms with Gasteiger partial charge in [0, 0.05) is 12.4 Å². The van der Waals surface area contributed by atoms with Crippen LogP contribution >= 0.6 is 0 Å². The average molecular weight is 228 g/mol. The lowest BCUT2D eigenvalue weighted by Crippen LogP contribution is -2.06. The molecular formula is C11H8N4O2. The maximum Gasteiger partial charge on any atom is 0.255 e. The van der Waals surface area contributed by atoms with E-state index in [2.05, 4.69) is 15.0 Å². The van der Waals surface area contributed by atoms with E-state index in [1.54, 1.807) is 10.6 Å². The van der Waals surface area contributed by atoms with Crippen LogP contribution in [0, 0.1) is 0 Å². The predicted octanol–water partition coefficient (Wildman–Crippen LogP) is 0.790.